The molecule has 116 valence electrons. The van der Waals surface area contributed by atoms with Crippen LogP contribution in [0, 0.1) is 17.2 Å². The van der Waals surface area contributed by atoms with Gasteiger partial charge < -0.3 is 10.3 Å². The van der Waals surface area contributed by atoms with Crippen molar-refractivity contribution in [2.24, 2.45) is 20.0 Å². The highest BCUT2D eigenvalue weighted by atomic mass is 16.2. The molecule has 0 aliphatic carbocycles. The summed E-state index contributed by atoms with van der Waals surface area (Å²) in [7, 11) is 2.87. The van der Waals surface area contributed by atoms with Crippen LogP contribution in [0.5, 0.6) is 0 Å². The molecule has 0 amide bonds. The number of nitriles is 1. The summed E-state index contributed by atoms with van der Waals surface area (Å²) in [6.07, 6.45) is 3.32. The second kappa shape index (κ2) is 5.89. The van der Waals surface area contributed by atoms with Crippen LogP contribution in [0.2, 0.25) is 0 Å². The fraction of sp³-hybridized carbons (Fsp3) is 0.429. The third-order valence-corrected chi connectivity index (χ3v) is 3.55. The van der Waals surface area contributed by atoms with E-state index in [1.54, 1.807) is 12.4 Å². The van der Waals surface area contributed by atoms with Crippen molar-refractivity contribution in [2.75, 3.05) is 5.32 Å². The maximum atomic E-state index is 12.1. The molecule has 0 radical (unpaired) electrons. The fourth-order valence-corrected chi connectivity index (χ4v) is 2.26. The molecule has 2 aromatic heterocycles. The second-order valence-corrected chi connectivity index (χ2v) is 5.38. The third kappa shape index (κ3) is 2.53. The lowest BCUT2D eigenvalue weighted by atomic mass is 10.0. The van der Waals surface area contributed by atoms with Gasteiger partial charge in [0.05, 0.1) is 6.04 Å². The lowest BCUT2D eigenvalue weighted by molar-refractivity contribution is 0.518. The van der Waals surface area contributed by atoms with Crippen LogP contribution in [-0.4, -0.2) is 19.1 Å². The summed E-state index contributed by atoms with van der Waals surface area (Å²) in [6.45, 7) is 3.96. The highest BCUT2D eigenvalue weighted by molar-refractivity contribution is 5.52. The van der Waals surface area contributed by atoms with Gasteiger partial charge in [-0.05, 0) is 5.92 Å². The monoisotopic (exact) mass is 302 g/mol. The van der Waals surface area contributed by atoms with Crippen LogP contribution < -0.4 is 16.6 Å². The van der Waals surface area contributed by atoms with Crippen molar-refractivity contribution in [1.29, 1.82) is 5.26 Å². The molecule has 2 aromatic rings. The van der Waals surface area contributed by atoms with E-state index in [0.717, 1.165) is 4.57 Å². The predicted octanol–water partition coefficient (Wildman–Crippen LogP) is 0.488. The van der Waals surface area contributed by atoms with Crippen molar-refractivity contribution in [3.8, 4) is 6.07 Å². The Bertz CT molecular complexity index is 823. The van der Waals surface area contributed by atoms with E-state index >= 15 is 0 Å². The summed E-state index contributed by atoms with van der Waals surface area (Å²) in [5.41, 5.74) is -1.20. The van der Waals surface area contributed by atoms with Crippen LogP contribution in [-0.2, 0) is 14.1 Å². The van der Waals surface area contributed by atoms with E-state index < -0.39 is 11.2 Å². The molecule has 0 bridgehead atoms. The van der Waals surface area contributed by atoms with E-state index in [-0.39, 0.29) is 23.3 Å². The normalized spacial score (nSPS) is 12.2. The molecule has 1 atom stereocenters. The van der Waals surface area contributed by atoms with Crippen LogP contribution in [0.1, 0.15) is 31.3 Å². The second-order valence-electron chi connectivity index (χ2n) is 5.38. The summed E-state index contributed by atoms with van der Waals surface area (Å²) in [6, 6.07) is 1.61. The van der Waals surface area contributed by atoms with Crippen molar-refractivity contribution in [1.82, 2.24) is 19.1 Å². The number of aromatic nitrogens is 4. The van der Waals surface area contributed by atoms with E-state index in [1.807, 2.05) is 19.9 Å². The number of anilines is 1. The molecule has 0 aliphatic rings. The molecular weight excluding hydrogens is 284 g/mol. The van der Waals surface area contributed by atoms with Crippen LogP contribution in [0.15, 0.2) is 22.0 Å². The maximum absolute atomic E-state index is 12.1. The van der Waals surface area contributed by atoms with Crippen LogP contribution in [0.25, 0.3) is 0 Å². The molecule has 0 spiro atoms. The Morgan fingerprint density at radius 3 is 2.50 bits per heavy atom. The fourth-order valence-electron chi connectivity index (χ4n) is 2.26. The molecule has 2 heterocycles. The third-order valence-electron chi connectivity index (χ3n) is 3.55. The Hall–Kier alpha value is -2.82. The van der Waals surface area contributed by atoms with Gasteiger partial charge in [-0.2, -0.15) is 5.26 Å². The van der Waals surface area contributed by atoms with Crippen LogP contribution in [0.3, 0.4) is 0 Å². The van der Waals surface area contributed by atoms with Gasteiger partial charge in [-0.3, -0.25) is 13.9 Å². The number of hydrogen-bond acceptors (Lipinski definition) is 5. The number of H-pyrrole nitrogens is 1. The Morgan fingerprint density at radius 1 is 1.32 bits per heavy atom. The van der Waals surface area contributed by atoms with Gasteiger partial charge in [0, 0.05) is 26.5 Å². The molecule has 0 fully saturated rings. The van der Waals surface area contributed by atoms with Crippen molar-refractivity contribution in [3.63, 3.8) is 0 Å². The van der Waals surface area contributed by atoms with Gasteiger partial charge in [0.25, 0.3) is 5.56 Å². The predicted molar refractivity (Wildman–Crippen MR) is 81.4 cm³/mol. The first kappa shape index (κ1) is 15.6. The van der Waals surface area contributed by atoms with Gasteiger partial charge in [0.2, 0.25) is 0 Å². The Kier molecular flexibility index (Phi) is 4.17. The number of hydrogen-bond donors (Lipinski definition) is 2. The SMILES string of the molecule is CC(C)[C@H](Nc1c(C#N)c(=O)n(C)c(=O)n1C)c1ncc[nH]1. The minimum Gasteiger partial charge on any atom is -0.360 e. The number of nitrogens with one attached hydrogen (secondary N) is 2. The van der Waals surface area contributed by atoms with E-state index in [4.69, 9.17) is 0 Å². The lowest BCUT2D eigenvalue weighted by Gasteiger charge is -2.23. The molecule has 22 heavy (non-hydrogen) atoms. The Morgan fingerprint density at radius 2 is 2.00 bits per heavy atom. The maximum Gasteiger partial charge on any atom is 0.332 e. The summed E-state index contributed by atoms with van der Waals surface area (Å²) in [4.78, 5) is 31.4. The zero-order chi connectivity index (χ0) is 16.4. The summed E-state index contributed by atoms with van der Waals surface area (Å²) < 4.78 is 2.18. The number of rotatable bonds is 4. The molecule has 8 nitrogen and oxygen atoms in total. The molecule has 0 aromatic carbocycles. The van der Waals surface area contributed by atoms with E-state index in [1.165, 1.54) is 18.7 Å². The molecule has 2 N–H and O–H groups in total. The molecular formula is C14H18N6O2. The van der Waals surface area contributed by atoms with E-state index in [9.17, 15) is 14.9 Å². The molecule has 0 unspecified atom stereocenters. The molecule has 8 heteroatoms. The molecule has 0 saturated heterocycles. The van der Waals surface area contributed by atoms with Crippen LogP contribution >= 0.6 is 0 Å². The highest BCUT2D eigenvalue weighted by Gasteiger charge is 2.23. The largest absolute Gasteiger partial charge is 0.360 e. The summed E-state index contributed by atoms with van der Waals surface area (Å²) in [5.74, 6) is 0.995. The van der Waals surface area contributed by atoms with Gasteiger partial charge in [0.15, 0.2) is 5.56 Å². The van der Waals surface area contributed by atoms with E-state index in [2.05, 4.69) is 15.3 Å². The molecule has 0 saturated carbocycles. The number of aromatic amines is 1. The summed E-state index contributed by atoms with van der Waals surface area (Å²) in [5, 5.41) is 12.4. The first-order valence-corrected chi connectivity index (χ1v) is 6.84. The van der Waals surface area contributed by atoms with Crippen molar-refractivity contribution < 1.29 is 0 Å². The summed E-state index contributed by atoms with van der Waals surface area (Å²) >= 11 is 0. The van der Waals surface area contributed by atoms with Crippen molar-refractivity contribution in [2.45, 2.75) is 19.9 Å². The minimum absolute atomic E-state index is 0.0955. The van der Waals surface area contributed by atoms with Gasteiger partial charge in [0.1, 0.15) is 17.7 Å². The number of imidazole rings is 1. The average molecular weight is 302 g/mol. The van der Waals surface area contributed by atoms with Crippen molar-refractivity contribution >= 4 is 5.82 Å². The topological polar surface area (TPSA) is 108 Å². The zero-order valence-electron chi connectivity index (χ0n) is 12.9. The first-order valence-electron chi connectivity index (χ1n) is 6.84. The smallest absolute Gasteiger partial charge is 0.332 e. The average Bonchev–Trinajstić information content (AvgIpc) is 3.01. The quantitative estimate of drug-likeness (QED) is 0.854. The number of nitrogens with zero attached hydrogens (tertiary/aromatic N) is 4. The van der Waals surface area contributed by atoms with Crippen molar-refractivity contribution in [3.05, 3.63) is 44.6 Å². The lowest BCUT2D eigenvalue weighted by Crippen LogP contribution is -2.40. The van der Waals surface area contributed by atoms with Gasteiger partial charge in [-0.1, -0.05) is 13.8 Å². The first-order chi connectivity index (χ1) is 10.4. The van der Waals surface area contributed by atoms with Gasteiger partial charge in [-0.15, -0.1) is 0 Å². The Labute approximate surface area is 127 Å². The van der Waals surface area contributed by atoms with Crippen LogP contribution in [0.4, 0.5) is 5.82 Å². The minimum atomic E-state index is -0.616. The zero-order valence-corrected chi connectivity index (χ0v) is 12.9. The molecule has 0 aliphatic heterocycles. The van der Waals surface area contributed by atoms with Gasteiger partial charge >= 0.3 is 5.69 Å². The standard InChI is InChI=1S/C14H18N6O2/c1-8(2)10(11-16-5-6-17-11)18-12-9(7-15)13(21)20(4)14(22)19(12)3/h5-6,8,10,18H,1-4H3,(H,16,17)/t10-/m0/s1. The Balaban J connectivity index is 2.60. The van der Waals surface area contributed by atoms with E-state index in [0.29, 0.717) is 5.82 Å². The molecule has 2 rings (SSSR count). The highest BCUT2D eigenvalue weighted by Crippen LogP contribution is 2.24. The van der Waals surface area contributed by atoms with Gasteiger partial charge in [-0.25, -0.2) is 9.78 Å².